The second-order valence-corrected chi connectivity index (χ2v) is 7.04. The molecule has 1 N–H and O–H groups in total. The highest BCUT2D eigenvalue weighted by Gasteiger charge is 2.13. The second kappa shape index (κ2) is 8.09. The van der Waals surface area contributed by atoms with Crippen molar-refractivity contribution in [3.8, 4) is 5.69 Å². The lowest BCUT2D eigenvalue weighted by atomic mass is 10.1. The van der Waals surface area contributed by atoms with Crippen LogP contribution in [-0.4, -0.2) is 36.3 Å². The Morgan fingerprint density at radius 1 is 1.38 bits per heavy atom. The molecule has 0 spiro atoms. The molecule has 0 aliphatic carbocycles. The van der Waals surface area contributed by atoms with E-state index in [2.05, 4.69) is 44.8 Å². The molecule has 0 atom stereocenters. The first-order valence-corrected chi connectivity index (χ1v) is 9.10. The summed E-state index contributed by atoms with van der Waals surface area (Å²) in [5, 5.41) is 19.1. The van der Waals surface area contributed by atoms with Crippen molar-refractivity contribution in [3.63, 3.8) is 0 Å². The van der Waals surface area contributed by atoms with Crippen LogP contribution in [0.25, 0.3) is 5.69 Å². The Labute approximate surface area is 154 Å². The zero-order chi connectivity index (χ0) is 18.5. The summed E-state index contributed by atoms with van der Waals surface area (Å²) in [5.41, 5.74) is 1.42. The number of aromatic nitrogens is 6. The van der Waals surface area contributed by atoms with E-state index in [0.717, 1.165) is 12.1 Å². The van der Waals surface area contributed by atoms with E-state index in [1.54, 1.807) is 16.8 Å². The van der Waals surface area contributed by atoms with Crippen molar-refractivity contribution in [1.29, 1.82) is 0 Å². The molecular weight excluding hydrogens is 354 g/mol. The summed E-state index contributed by atoms with van der Waals surface area (Å²) in [7, 11) is 0. The molecule has 2 aromatic heterocycles. The molecule has 0 saturated heterocycles. The number of benzene rings is 1. The molecule has 0 bridgehead atoms. The van der Waals surface area contributed by atoms with Crippen LogP contribution in [0.4, 0.5) is 5.69 Å². The average Bonchev–Trinajstić information content (AvgIpc) is 3.21. The number of hydrogen-bond acceptors (Lipinski definition) is 8. The maximum atomic E-state index is 11.2. The molecule has 26 heavy (non-hydrogen) atoms. The van der Waals surface area contributed by atoms with Crippen molar-refractivity contribution < 1.29 is 9.32 Å². The highest BCUT2D eigenvalue weighted by Crippen LogP contribution is 2.23. The second-order valence-electron chi connectivity index (χ2n) is 6.10. The predicted octanol–water partition coefficient (Wildman–Crippen LogP) is 2.49. The fraction of sp³-hybridized carbons (Fsp3) is 0.375. The molecule has 136 valence electrons. The number of hydrogen-bond donors (Lipinski definition) is 1. The van der Waals surface area contributed by atoms with Crippen molar-refractivity contribution in [3.05, 3.63) is 36.0 Å². The number of tetrazole rings is 1. The van der Waals surface area contributed by atoms with Gasteiger partial charge >= 0.3 is 0 Å². The Kier molecular flexibility index (Phi) is 5.61. The molecule has 3 rings (SSSR count). The van der Waals surface area contributed by atoms with E-state index < -0.39 is 0 Å². The molecule has 10 heteroatoms. The van der Waals surface area contributed by atoms with Crippen LogP contribution < -0.4 is 5.32 Å². The molecule has 0 aliphatic rings. The third-order valence-corrected chi connectivity index (χ3v) is 4.18. The summed E-state index contributed by atoms with van der Waals surface area (Å²) in [6.07, 6.45) is 0.780. The lowest BCUT2D eigenvalue weighted by molar-refractivity contribution is -0.114. The van der Waals surface area contributed by atoms with E-state index in [4.69, 9.17) is 4.52 Å². The number of nitrogens with one attached hydrogen (secondary N) is 1. The minimum atomic E-state index is -0.137. The van der Waals surface area contributed by atoms with E-state index >= 15 is 0 Å². The molecular formula is C16H19N7O2S. The number of nitrogens with zero attached hydrogens (tertiary/aromatic N) is 6. The molecule has 1 amide bonds. The number of carbonyl (C=O) groups is 1. The van der Waals surface area contributed by atoms with Gasteiger partial charge in [-0.25, -0.2) is 0 Å². The smallest absolute Gasteiger partial charge is 0.237 e. The van der Waals surface area contributed by atoms with Crippen LogP contribution in [0, 0.1) is 5.92 Å². The molecule has 0 radical (unpaired) electrons. The molecule has 2 heterocycles. The van der Waals surface area contributed by atoms with E-state index in [-0.39, 0.29) is 5.91 Å². The lowest BCUT2D eigenvalue weighted by Gasteiger charge is -2.06. The van der Waals surface area contributed by atoms with Gasteiger partial charge in [-0.05, 0) is 34.5 Å². The maximum absolute atomic E-state index is 11.2. The van der Waals surface area contributed by atoms with Crippen molar-refractivity contribution in [2.75, 3.05) is 5.32 Å². The number of amides is 1. The van der Waals surface area contributed by atoms with Crippen LogP contribution in [0.5, 0.6) is 0 Å². The Morgan fingerprint density at radius 2 is 2.23 bits per heavy atom. The molecule has 9 nitrogen and oxygen atoms in total. The summed E-state index contributed by atoms with van der Waals surface area (Å²) in [6.45, 7) is 5.67. The fourth-order valence-corrected chi connectivity index (χ4v) is 3.00. The largest absolute Gasteiger partial charge is 0.338 e. The highest BCUT2D eigenvalue weighted by atomic mass is 32.2. The Balaban J connectivity index is 1.71. The fourth-order valence-electron chi connectivity index (χ4n) is 2.27. The van der Waals surface area contributed by atoms with E-state index in [0.29, 0.717) is 34.2 Å². The zero-order valence-electron chi connectivity index (χ0n) is 14.7. The van der Waals surface area contributed by atoms with Gasteiger partial charge in [-0.15, -0.1) is 5.10 Å². The van der Waals surface area contributed by atoms with Gasteiger partial charge in [-0.1, -0.05) is 36.8 Å². The number of thioether (sulfide) groups is 1. The minimum absolute atomic E-state index is 0.137. The summed E-state index contributed by atoms with van der Waals surface area (Å²) in [4.78, 5) is 15.6. The Bertz CT molecular complexity index is 890. The van der Waals surface area contributed by atoms with E-state index in [1.165, 1.54) is 18.7 Å². The van der Waals surface area contributed by atoms with Gasteiger partial charge in [-0.3, -0.25) is 4.79 Å². The van der Waals surface area contributed by atoms with Crippen LogP contribution in [-0.2, 0) is 17.0 Å². The summed E-state index contributed by atoms with van der Waals surface area (Å²) < 4.78 is 6.86. The van der Waals surface area contributed by atoms with Crippen molar-refractivity contribution in [1.82, 2.24) is 30.3 Å². The first kappa shape index (κ1) is 18.1. The van der Waals surface area contributed by atoms with Gasteiger partial charge in [0.15, 0.2) is 5.82 Å². The van der Waals surface area contributed by atoms with Gasteiger partial charge in [-0.2, -0.15) is 9.67 Å². The van der Waals surface area contributed by atoms with Gasteiger partial charge in [0.1, 0.15) is 0 Å². The van der Waals surface area contributed by atoms with E-state index in [1.807, 2.05) is 12.1 Å². The third-order valence-electron chi connectivity index (χ3n) is 3.28. The van der Waals surface area contributed by atoms with Crippen molar-refractivity contribution in [2.45, 2.75) is 38.1 Å². The number of carbonyl (C=O) groups excluding carboxylic acids is 1. The van der Waals surface area contributed by atoms with Gasteiger partial charge in [0, 0.05) is 19.0 Å². The Morgan fingerprint density at radius 3 is 3.00 bits per heavy atom. The highest BCUT2D eigenvalue weighted by molar-refractivity contribution is 7.98. The van der Waals surface area contributed by atoms with Crippen molar-refractivity contribution >= 4 is 23.4 Å². The molecule has 0 saturated carbocycles. The van der Waals surface area contributed by atoms with Gasteiger partial charge in [0.25, 0.3) is 0 Å². The molecule has 1 aromatic carbocycles. The van der Waals surface area contributed by atoms with Gasteiger partial charge < -0.3 is 9.84 Å². The summed E-state index contributed by atoms with van der Waals surface area (Å²) in [6, 6.07) is 7.29. The zero-order valence-corrected chi connectivity index (χ0v) is 15.5. The van der Waals surface area contributed by atoms with Crippen LogP contribution in [0.2, 0.25) is 0 Å². The summed E-state index contributed by atoms with van der Waals surface area (Å²) >= 11 is 1.40. The molecule has 3 aromatic rings. The topological polar surface area (TPSA) is 112 Å². The standard InChI is InChI=1S/C16H19N7O2S/c1-10(2)7-14-18-15(25-20-14)9-26-16-19-21-22-23(16)13-6-4-5-12(8-13)17-11(3)24/h4-6,8,10H,7,9H2,1-3H3,(H,17,24). The van der Waals surface area contributed by atoms with Crippen LogP contribution >= 0.6 is 11.8 Å². The third kappa shape index (κ3) is 4.66. The summed E-state index contributed by atoms with van der Waals surface area (Å²) in [5.74, 6) is 2.04. The van der Waals surface area contributed by atoms with Crippen LogP contribution in [0.3, 0.4) is 0 Å². The van der Waals surface area contributed by atoms with Gasteiger partial charge in [0.05, 0.1) is 11.4 Å². The van der Waals surface area contributed by atoms with Crippen molar-refractivity contribution in [2.24, 2.45) is 5.92 Å². The van der Waals surface area contributed by atoms with Gasteiger partial charge in [0.2, 0.25) is 17.0 Å². The Hall–Kier alpha value is -2.75. The molecule has 0 aliphatic heterocycles. The van der Waals surface area contributed by atoms with Crippen LogP contribution in [0.15, 0.2) is 33.9 Å². The monoisotopic (exact) mass is 373 g/mol. The number of rotatable bonds is 7. The SMILES string of the molecule is CC(=O)Nc1cccc(-n2nnnc2SCc2nc(CC(C)C)no2)c1. The van der Waals surface area contributed by atoms with Crippen LogP contribution in [0.1, 0.15) is 32.5 Å². The number of anilines is 1. The predicted molar refractivity (Wildman–Crippen MR) is 95.9 cm³/mol. The first-order chi connectivity index (χ1) is 12.5. The molecule has 0 fully saturated rings. The first-order valence-electron chi connectivity index (χ1n) is 8.12. The maximum Gasteiger partial charge on any atom is 0.237 e. The average molecular weight is 373 g/mol. The normalized spacial score (nSPS) is 11.1. The van der Waals surface area contributed by atoms with E-state index in [9.17, 15) is 4.79 Å². The lowest BCUT2D eigenvalue weighted by Crippen LogP contribution is -2.07. The quantitative estimate of drug-likeness (QED) is 0.629. The minimum Gasteiger partial charge on any atom is -0.338 e. The molecule has 0 unspecified atom stereocenters.